The van der Waals surface area contributed by atoms with Gasteiger partial charge in [0, 0.05) is 25.6 Å². The SMILES string of the molecule is CN(C(=O)CC1CCCCC1)[C@@H]1CCCC[C@H]1N1CCCC1. The number of carbonyl (C=O) groups excluding carboxylic acids is 1. The number of likely N-dealkylation sites (tertiary alicyclic amines) is 1. The van der Waals surface area contributed by atoms with Gasteiger partial charge in [-0.3, -0.25) is 9.69 Å². The molecular weight excluding hydrogens is 272 g/mol. The molecule has 0 aromatic heterocycles. The normalized spacial score (nSPS) is 31.3. The molecule has 1 heterocycles. The number of carbonyl (C=O) groups is 1. The number of rotatable bonds is 4. The monoisotopic (exact) mass is 306 g/mol. The molecule has 0 aromatic carbocycles. The van der Waals surface area contributed by atoms with Crippen LogP contribution in [0.5, 0.6) is 0 Å². The molecule has 1 aliphatic heterocycles. The van der Waals surface area contributed by atoms with Gasteiger partial charge in [0.15, 0.2) is 0 Å². The molecule has 0 aromatic rings. The maximum absolute atomic E-state index is 12.8. The van der Waals surface area contributed by atoms with Gasteiger partial charge in [-0.25, -0.2) is 0 Å². The first-order valence-corrected chi connectivity index (χ1v) is 9.75. The second kappa shape index (κ2) is 7.81. The molecule has 3 heteroatoms. The van der Waals surface area contributed by atoms with Crippen LogP contribution in [0.3, 0.4) is 0 Å². The third-order valence-corrected chi connectivity index (χ3v) is 6.38. The van der Waals surface area contributed by atoms with Crippen LogP contribution in [0, 0.1) is 5.92 Å². The zero-order valence-corrected chi connectivity index (χ0v) is 14.4. The molecule has 0 unspecified atom stereocenters. The van der Waals surface area contributed by atoms with E-state index in [0.717, 1.165) is 6.42 Å². The first kappa shape index (κ1) is 16.3. The summed E-state index contributed by atoms with van der Waals surface area (Å²) in [5, 5.41) is 0. The molecule has 0 bridgehead atoms. The Bertz CT molecular complexity index is 358. The summed E-state index contributed by atoms with van der Waals surface area (Å²) in [5.41, 5.74) is 0. The lowest BCUT2D eigenvalue weighted by Crippen LogP contribution is -2.53. The summed E-state index contributed by atoms with van der Waals surface area (Å²) in [6.07, 6.45) is 15.3. The van der Waals surface area contributed by atoms with Gasteiger partial charge in [-0.05, 0) is 57.5 Å². The van der Waals surface area contributed by atoms with Crippen LogP contribution < -0.4 is 0 Å². The summed E-state index contributed by atoms with van der Waals surface area (Å²) in [6, 6.07) is 1.11. The molecule has 22 heavy (non-hydrogen) atoms. The summed E-state index contributed by atoms with van der Waals surface area (Å²) in [7, 11) is 2.09. The van der Waals surface area contributed by atoms with E-state index in [2.05, 4.69) is 16.8 Å². The maximum Gasteiger partial charge on any atom is 0.222 e. The Kier molecular flexibility index (Phi) is 5.78. The zero-order chi connectivity index (χ0) is 15.4. The zero-order valence-electron chi connectivity index (χ0n) is 14.4. The molecule has 1 amide bonds. The van der Waals surface area contributed by atoms with Crippen LogP contribution in [-0.4, -0.2) is 47.9 Å². The lowest BCUT2D eigenvalue weighted by molar-refractivity contribution is -0.135. The third-order valence-electron chi connectivity index (χ3n) is 6.38. The van der Waals surface area contributed by atoms with E-state index < -0.39 is 0 Å². The van der Waals surface area contributed by atoms with Crippen LogP contribution in [0.1, 0.15) is 77.0 Å². The summed E-state index contributed by atoms with van der Waals surface area (Å²) >= 11 is 0. The van der Waals surface area contributed by atoms with Crippen molar-refractivity contribution in [3.05, 3.63) is 0 Å². The Morgan fingerprint density at radius 3 is 2.27 bits per heavy atom. The van der Waals surface area contributed by atoms with Crippen LogP contribution in [0.4, 0.5) is 0 Å². The fourth-order valence-electron chi connectivity index (χ4n) is 5.01. The van der Waals surface area contributed by atoms with Gasteiger partial charge in [0.2, 0.25) is 5.91 Å². The average molecular weight is 306 g/mol. The standard InChI is InChI=1S/C19H34N2O/c1-20(19(22)15-16-9-3-2-4-10-16)17-11-5-6-12-18(17)21-13-7-8-14-21/h16-18H,2-15H2,1H3/t17-,18-/m1/s1. The Labute approximate surface area is 136 Å². The third kappa shape index (κ3) is 3.84. The van der Waals surface area contributed by atoms with Crippen molar-refractivity contribution in [2.75, 3.05) is 20.1 Å². The largest absolute Gasteiger partial charge is 0.341 e. The maximum atomic E-state index is 12.8. The lowest BCUT2D eigenvalue weighted by Gasteiger charge is -2.43. The van der Waals surface area contributed by atoms with Crippen molar-refractivity contribution >= 4 is 5.91 Å². The number of nitrogens with zero attached hydrogens (tertiary/aromatic N) is 2. The Hall–Kier alpha value is -0.570. The lowest BCUT2D eigenvalue weighted by atomic mass is 9.85. The quantitative estimate of drug-likeness (QED) is 0.788. The van der Waals surface area contributed by atoms with E-state index in [1.54, 1.807) is 0 Å². The summed E-state index contributed by atoms with van der Waals surface area (Å²) in [6.45, 7) is 2.51. The fraction of sp³-hybridized carbons (Fsp3) is 0.947. The van der Waals surface area contributed by atoms with Crippen molar-refractivity contribution in [3.8, 4) is 0 Å². The summed E-state index contributed by atoms with van der Waals surface area (Å²) in [4.78, 5) is 17.6. The van der Waals surface area contributed by atoms with Gasteiger partial charge in [0.25, 0.3) is 0 Å². The van der Waals surface area contributed by atoms with Gasteiger partial charge in [-0.15, -0.1) is 0 Å². The van der Waals surface area contributed by atoms with E-state index in [0.29, 0.717) is 23.9 Å². The van der Waals surface area contributed by atoms with Crippen molar-refractivity contribution in [3.63, 3.8) is 0 Å². The topological polar surface area (TPSA) is 23.6 Å². The average Bonchev–Trinajstić information content (AvgIpc) is 3.09. The molecule has 3 fully saturated rings. The fourth-order valence-corrected chi connectivity index (χ4v) is 5.01. The van der Waals surface area contributed by atoms with E-state index in [1.165, 1.54) is 83.7 Å². The minimum atomic E-state index is 0.419. The van der Waals surface area contributed by atoms with Crippen molar-refractivity contribution in [2.45, 2.75) is 89.1 Å². The molecule has 2 saturated carbocycles. The highest BCUT2D eigenvalue weighted by Gasteiger charge is 2.35. The molecule has 3 aliphatic rings. The van der Waals surface area contributed by atoms with Crippen molar-refractivity contribution in [1.82, 2.24) is 9.80 Å². The molecule has 0 radical (unpaired) electrons. The highest BCUT2D eigenvalue weighted by Crippen LogP contribution is 2.31. The molecule has 1 saturated heterocycles. The molecule has 0 N–H and O–H groups in total. The van der Waals surface area contributed by atoms with Crippen LogP contribution in [0.15, 0.2) is 0 Å². The molecule has 126 valence electrons. The van der Waals surface area contributed by atoms with Crippen LogP contribution in [0.2, 0.25) is 0 Å². The van der Waals surface area contributed by atoms with Crippen LogP contribution in [-0.2, 0) is 4.79 Å². The van der Waals surface area contributed by atoms with Gasteiger partial charge in [-0.2, -0.15) is 0 Å². The number of hydrogen-bond donors (Lipinski definition) is 0. The number of hydrogen-bond acceptors (Lipinski definition) is 2. The van der Waals surface area contributed by atoms with Crippen molar-refractivity contribution < 1.29 is 4.79 Å². The minimum absolute atomic E-state index is 0.419. The van der Waals surface area contributed by atoms with Gasteiger partial charge in [0.05, 0.1) is 0 Å². The first-order valence-electron chi connectivity index (χ1n) is 9.75. The first-order chi connectivity index (χ1) is 10.8. The van der Waals surface area contributed by atoms with Crippen molar-refractivity contribution in [2.24, 2.45) is 5.92 Å². The summed E-state index contributed by atoms with van der Waals surface area (Å²) in [5.74, 6) is 1.08. The van der Waals surface area contributed by atoms with E-state index in [-0.39, 0.29) is 0 Å². The van der Waals surface area contributed by atoms with E-state index in [9.17, 15) is 4.79 Å². The summed E-state index contributed by atoms with van der Waals surface area (Å²) < 4.78 is 0. The van der Waals surface area contributed by atoms with E-state index in [4.69, 9.17) is 0 Å². The smallest absolute Gasteiger partial charge is 0.222 e. The van der Waals surface area contributed by atoms with Gasteiger partial charge >= 0.3 is 0 Å². The Morgan fingerprint density at radius 1 is 0.909 bits per heavy atom. The van der Waals surface area contributed by atoms with Crippen LogP contribution in [0.25, 0.3) is 0 Å². The molecule has 0 spiro atoms. The predicted octanol–water partition coefficient (Wildman–Crippen LogP) is 3.82. The van der Waals surface area contributed by atoms with E-state index >= 15 is 0 Å². The van der Waals surface area contributed by atoms with E-state index in [1.807, 2.05) is 0 Å². The Balaban J connectivity index is 1.57. The number of likely N-dealkylation sites (N-methyl/N-ethyl adjacent to an activating group) is 1. The molecular formula is C19H34N2O. The molecule has 3 rings (SSSR count). The predicted molar refractivity (Wildman–Crippen MR) is 90.8 cm³/mol. The highest BCUT2D eigenvalue weighted by atomic mass is 16.2. The van der Waals surface area contributed by atoms with Gasteiger partial charge < -0.3 is 4.90 Å². The second-order valence-corrected chi connectivity index (χ2v) is 7.88. The van der Waals surface area contributed by atoms with Crippen molar-refractivity contribution in [1.29, 1.82) is 0 Å². The Morgan fingerprint density at radius 2 is 1.55 bits per heavy atom. The second-order valence-electron chi connectivity index (χ2n) is 7.88. The minimum Gasteiger partial charge on any atom is -0.341 e. The molecule has 2 atom stereocenters. The highest BCUT2D eigenvalue weighted by molar-refractivity contribution is 5.76. The van der Waals surface area contributed by atoms with Gasteiger partial charge in [0.1, 0.15) is 0 Å². The number of amides is 1. The van der Waals surface area contributed by atoms with Crippen LogP contribution >= 0.6 is 0 Å². The van der Waals surface area contributed by atoms with Gasteiger partial charge in [-0.1, -0.05) is 32.1 Å². The molecule has 2 aliphatic carbocycles. The molecule has 3 nitrogen and oxygen atoms in total.